The van der Waals surface area contributed by atoms with Gasteiger partial charge >= 0.3 is 0 Å². The molecule has 0 aliphatic rings. The zero-order valence-corrected chi connectivity index (χ0v) is 9.24. The molecule has 1 aromatic rings. The number of amides is 1. The van der Waals surface area contributed by atoms with E-state index in [9.17, 15) is 4.79 Å². The molecule has 0 radical (unpaired) electrons. The quantitative estimate of drug-likeness (QED) is 0.654. The largest absolute Gasteiger partial charge is 0.350 e. The zero-order valence-electron chi connectivity index (χ0n) is 6.84. The van der Waals surface area contributed by atoms with Gasteiger partial charge < -0.3 is 5.32 Å². The average Bonchev–Trinajstić information content (AvgIpc) is 2.52. The van der Waals surface area contributed by atoms with Gasteiger partial charge in [0.1, 0.15) is 4.88 Å². The van der Waals surface area contributed by atoms with Crippen molar-refractivity contribution < 1.29 is 4.79 Å². The molecule has 13 heavy (non-hydrogen) atoms. The number of nitrogens with one attached hydrogen (secondary N) is 1. The van der Waals surface area contributed by atoms with E-state index in [-0.39, 0.29) is 5.91 Å². The number of carbonyl (C=O) groups excluding carboxylic acids is 1. The number of hydrogen-bond acceptors (Lipinski definition) is 2. The molecule has 0 fully saturated rings. The summed E-state index contributed by atoms with van der Waals surface area (Å²) >= 11 is 4.69. The van der Waals surface area contributed by atoms with Crippen molar-refractivity contribution in [3.63, 3.8) is 0 Å². The van der Waals surface area contributed by atoms with Crippen LogP contribution in [0, 0.1) is 12.3 Å². The first-order chi connectivity index (χ1) is 6.25. The van der Waals surface area contributed by atoms with E-state index >= 15 is 0 Å². The first-order valence-corrected chi connectivity index (χ1v) is 5.37. The van der Waals surface area contributed by atoms with Crippen LogP contribution in [0.2, 0.25) is 0 Å². The second-order valence-corrected chi connectivity index (χ2v) is 4.08. The maximum atomic E-state index is 11.4. The van der Waals surface area contributed by atoms with Crippen LogP contribution in [-0.4, -0.2) is 12.5 Å². The molecular formula is C9H8BrNOS. The molecule has 68 valence electrons. The minimum atomic E-state index is -0.0721. The molecule has 0 unspecified atom stereocenters. The Labute approximate surface area is 89.5 Å². The Morgan fingerprint density at radius 1 is 1.77 bits per heavy atom. The standard InChI is InChI=1S/C9H8BrNOS/c1-2-3-5-11-9(12)8-7(10)4-6-13-8/h1,4,6H,3,5H2,(H,11,12). The summed E-state index contributed by atoms with van der Waals surface area (Å²) in [5, 5.41) is 4.59. The third-order valence-electron chi connectivity index (χ3n) is 1.38. The van der Waals surface area contributed by atoms with E-state index in [1.807, 2.05) is 11.4 Å². The molecular weight excluding hydrogens is 250 g/mol. The van der Waals surface area contributed by atoms with Crippen molar-refractivity contribution in [1.29, 1.82) is 0 Å². The fourth-order valence-corrected chi connectivity index (χ4v) is 2.25. The van der Waals surface area contributed by atoms with E-state index in [1.165, 1.54) is 11.3 Å². The summed E-state index contributed by atoms with van der Waals surface area (Å²) in [6, 6.07) is 1.85. The molecule has 2 nitrogen and oxygen atoms in total. The van der Waals surface area contributed by atoms with E-state index in [0.717, 1.165) is 4.47 Å². The van der Waals surface area contributed by atoms with Gasteiger partial charge in [-0.15, -0.1) is 23.7 Å². The normalized spacial score (nSPS) is 9.23. The predicted octanol–water partition coefficient (Wildman–Crippen LogP) is 2.26. The predicted molar refractivity (Wildman–Crippen MR) is 57.8 cm³/mol. The summed E-state index contributed by atoms with van der Waals surface area (Å²) in [5.74, 6) is 2.39. The molecule has 0 saturated carbocycles. The number of hydrogen-bond donors (Lipinski definition) is 1. The SMILES string of the molecule is C#CCCNC(=O)c1sccc1Br. The molecule has 0 aliphatic carbocycles. The maximum Gasteiger partial charge on any atom is 0.262 e. The zero-order chi connectivity index (χ0) is 9.68. The molecule has 1 N–H and O–H groups in total. The first kappa shape index (κ1) is 10.3. The van der Waals surface area contributed by atoms with Gasteiger partial charge in [-0.2, -0.15) is 0 Å². The highest BCUT2D eigenvalue weighted by Crippen LogP contribution is 2.22. The summed E-state index contributed by atoms with van der Waals surface area (Å²) in [6.07, 6.45) is 5.62. The molecule has 0 aliphatic heterocycles. The molecule has 1 amide bonds. The van der Waals surface area contributed by atoms with Crippen molar-refractivity contribution in [2.75, 3.05) is 6.54 Å². The summed E-state index contributed by atoms with van der Waals surface area (Å²) < 4.78 is 0.829. The van der Waals surface area contributed by atoms with Crippen LogP contribution in [0.1, 0.15) is 16.1 Å². The molecule has 0 bridgehead atoms. The highest BCUT2D eigenvalue weighted by Gasteiger charge is 2.09. The fourth-order valence-electron chi connectivity index (χ4n) is 0.784. The Hall–Kier alpha value is -0.790. The Bertz CT molecular complexity index is 340. The number of rotatable bonds is 3. The van der Waals surface area contributed by atoms with E-state index in [0.29, 0.717) is 17.8 Å². The van der Waals surface area contributed by atoms with E-state index in [4.69, 9.17) is 6.42 Å². The van der Waals surface area contributed by atoms with Crippen molar-refractivity contribution in [1.82, 2.24) is 5.32 Å². The van der Waals surface area contributed by atoms with Gasteiger partial charge in [-0.1, -0.05) is 0 Å². The molecule has 1 rings (SSSR count). The van der Waals surface area contributed by atoms with Crippen molar-refractivity contribution >= 4 is 33.2 Å². The third-order valence-corrected chi connectivity index (χ3v) is 3.21. The van der Waals surface area contributed by atoms with Gasteiger partial charge in [-0.3, -0.25) is 4.79 Å². The third kappa shape index (κ3) is 2.87. The maximum absolute atomic E-state index is 11.4. The van der Waals surface area contributed by atoms with E-state index in [2.05, 4.69) is 27.2 Å². The minimum Gasteiger partial charge on any atom is -0.350 e. The van der Waals surface area contributed by atoms with Crippen molar-refractivity contribution in [3.8, 4) is 12.3 Å². The van der Waals surface area contributed by atoms with E-state index in [1.54, 1.807) is 0 Å². The number of thiophene rings is 1. The van der Waals surface area contributed by atoms with Gasteiger partial charge in [-0.05, 0) is 27.4 Å². The lowest BCUT2D eigenvalue weighted by atomic mass is 10.4. The van der Waals surface area contributed by atoms with Crippen LogP contribution in [-0.2, 0) is 0 Å². The molecule has 4 heteroatoms. The summed E-state index contributed by atoms with van der Waals surface area (Å²) in [4.78, 5) is 12.1. The Balaban J connectivity index is 2.50. The smallest absolute Gasteiger partial charge is 0.262 e. The molecule has 0 saturated heterocycles. The molecule has 0 atom stereocenters. The lowest BCUT2D eigenvalue weighted by Crippen LogP contribution is -2.23. The van der Waals surface area contributed by atoms with Crippen molar-refractivity contribution in [2.45, 2.75) is 6.42 Å². The monoisotopic (exact) mass is 257 g/mol. The Morgan fingerprint density at radius 2 is 2.54 bits per heavy atom. The topological polar surface area (TPSA) is 29.1 Å². The summed E-state index contributed by atoms with van der Waals surface area (Å²) in [7, 11) is 0. The van der Waals surface area contributed by atoms with Gasteiger partial charge in [0.05, 0.1) is 0 Å². The van der Waals surface area contributed by atoms with Gasteiger partial charge in [0.15, 0.2) is 0 Å². The Kier molecular flexibility index (Phi) is 4.00. The van der Waals surface area contributed by atoms with Crippen LogP contribution in [0.3, 0.4) is 0 Å². The minimum absolute atomic E-state index is 0.0721. The first-order valence-electron chi connectivity index (χ1n) is 3.70. The number of halogens is 1. The second kappa shape index (κ2) is 5.05. The van der Waals surface area contributed by atoms with Crippen molar-refractivity contribution in [3.05, 3.63) is 20.8 Å². The fraction of sp³-hybridized carbons (Fsp3) is 0.222. The lowest BCUT2D eigenvalue weighted by molar-refractivity contribution is 0.0958. The second-order valence-electron chi connectivity index (χ2n) is 2.31. The van der Waals surface area contributed by atoms with Crippen LogP contribution in [0.4, 0.5) is 0 Å². The average molecular weight is 258 g/mol. The molecule has 0 aromatic carbocycles. The van der Waals surface area contributed by atoms with Crippen LogP contribution < -0.4 is 5.32 Å². The van der Waals surface area contributed by atoms with Crippen LogP contribution in [0.25, 0.3) is 0 Å². The van der Waals surface area contributed by atoms with Gasteiger partial charge in [-0.25, -0.2) is 0 Å². The highest BCUT2D eigenvalue weighted by molar-refractivity contribution is 9.10. The van der Waals surface area contributed by atoms with Crippen molar-refractivity contribution in [2.24, 2.45) is 0 Å². The highest BCUT2D eigenvalue weighted by atomic mass is 79.9. The van der Waals surface area contributed by atoms with Gasteiger partial charge in [0.2, 0.25) is 0 Å². The molecule has 0 spiro atoms. The summed E-state index contributed by atoms with van der Waals surface area (Å²) in [5.41, 5.74) is 0. The summed E-state index contributed by atoms with van der Waals surface area (Å²) in [6.45, 7) is 0.527. The Morgan fingerprint density at radius 3 is 3.08 bits per heavy atom. The number of terminal acetylenes is 1. The van der Waals surface area contributed by atoms with Gasteiger partial charge in [0, 0.05) is 17.4 Å². The van der Waals surface area contributed by atoms with Crippen LogP contribution >= 0.6 is 27.3 Å². The number of carbonyl (C=O) groups is 1. The molecule has 1 aromatic heterocycles. The van der Waals surface area contributed by atoms with Crippen LogP contribution in [0.5, 0.6) is 0 Å². The molecule has 1 heterocycles. The van der Waals surface area contributed by atoms with Gasteiger partial charge in [0.25, 0.3) is 5.91 Å². The van der Waals surface area contributed by atoms with E-state index < -0.39 is 0 Å². The van der Waals surface area contributed by atoms with Crippen LogP contribution in [0.15, 0.2) is 15.9 Å². The lowest BCUT2D eigenvalue weighted by Gasteiger charge is -2.00.